The molecule has 0 amide bonds. The maximum absolute atomic E-state index is 5.27. The summed E-state index contributed by atoms with van der Waals surface area (Å²) >= 11 is 0. The van der Waals surface area contributed by atoms with Gasteiger partial charge >= 0.3 is 0 Å². The Kier molecular flexibility index (Phi) is 6.06. The maximum Gasteiger partial charge on any atom is 0.160 e. The topological polar surface area (TPSA) is 64.5 Å². The Morgan fingerprint density at radius 3 is 1.91 bits per heavy atom. The third-order valence-electron chi connectivity index (χ3n) is 8.46. The lowest BCUT2D eigenvalue weighted by atomic mass is 9.98. The molecule has 4 heterocycles. The average molecular weight is 588 g/mol. The van der Waals surface area contributed by atoms with Crippen LogP contribution in [0.5, 0.6) is 0 Å². The Balaban J connectivity index is 1.27. The molecule has 0 atom stereocenters. The Labute approximate surface area is 264 Å². The standard InChI is InChI=1S/C41H25N5/c1-3-11-26(12-4-1)35-25-36(45-41(44-35)28-13-5-2-6-14-28)29-15-9-16-30(23-29)37-33-24-31-21-20-27-17-10-22-42-38(27)39(31)46-40(33)32-18-7-8-19-34(32)43-37/h1-25H. The molecule has 0 N–H and O–H groups in total. The Hall–Kier alpha value is -6.33. The number of hydrogen-bond acceptors (Lipinski definition) is 5. The van der Waals surface area contributed by atoms with E-state index in [-0.39, 0.29) is 0 Å². The first-order valence-corrected chi connectivity index (χ1v) is 15.3. The summed E-state index contributed by atoms with van der Waals surface area (Å²) in [5, 5.41) is 4.12. The van der Waals surface area contributed by atoms with Gasteiger partial charge in [0.05, 0.1) is 39.1 Å². The van der Waals surface area contributed by atoms with Crippen molar-refractivity contribution in [1.29, 1.82) is 0 Å². The van der Waals surface area contributed by atoms with E-state index in [1.54, 1.807) is 0 Å². The fourth-order valence-electron chi connectivity index (χ4n) is 6.23. The van der Waals surface area contributed by atoms with Crippen molar-refractivity contribution >= 4 is 43.6 Å². The zero-order valence-electron chi connectivity index (χ0n) is 24.7. The SMILES string of the molecule is c1ccc(-c2cc(-c3cccc(-c4nc5ccccc5c5nc6c(ccc7cccnc76)cc45)c3)nc(-c3ccccc3)n2)cc1. The van der Waals surface area contributed by atoms with Crippen molar-refractivity contribution in [2.45, 2.75) is 0 Å². The number of rotatable bonds is 4. The predicted molar refractivity (Wildman–Crippen MR) is 187 cm³/mol. The van der Waals surface area contributed by atoms with E-state index in [2.05, 4.69) is 83.8 Å². The monoisotopic (exact) mass is 587 g/mol. The van der Waals surface area contributed by atoms with Crippen LogP contribution in [0.2, 0.25) is 0 Å². The summed E-state index contributed by atoms with van der Waals surface area (Å²) in [5.41, 5.74) is 10.2. The van der Waals surface area contributed by atoms with Crippen LogP contribution >= 0.6 is 0 Å². The molecule has 0 radical (unpaired) electrons. The van der Waals surface area contributed by atoms with E-state index in [9.17, 15) is 0 Å². The smallest absolute Gasteiger partial charge is 0.160 e. The number of para-hydroxylation sites is 1. The van der Waals surface area contributed by atoms with Gasteiger partial charge in [-0.05, 0) is 30.3 Å². The first-order valence-electron chi connectivity index (χ1n) is 15.3. The molecular formula is C41H25N5. The molecule has 0 saturated heterocycles. The van der Waals surface area contributed by atoms with Crippen molar-refractivity contribution in [3.05, 3.63) is 152 Å². The second kappa shape index (κ2) is 10.7. The molecule has 9 rings (SSSR count). The molecule has 0 spiro atoms. The van der Waals surface area contributed by atoms with E-state index in [4.69, 9.17) is 19.9 Å². The molecule has 0 aliphatic carbocycles. The summed E-state index contributed by atoms with van der Waals surface area (Å²) < 4.78 is 0. The molecule has 0 bridgehead atoms. The van der Waals surface area contributed by atoms with Crippen LogP contribution in [0.25, 0.3) is 88.8 Å². The summed E-state index contributed by atoms with van der Waals surface area (Å²) in [6.45, 7) is 0. The van der Waals surface area contributed by atoms with E-state index in [0.29, 0.717) is 5.82 Å². The highest BCUT2D eigenvalue weighted by atomic mass is 14.9. The van der Waals surface area contributed by atoms with Crippen LogP contribution in [0.1, 0.15) is 0 Å². The van der Waals surface area contributed by atoms with Gasteiger partial charge in [-0.1, -0.05) is 115 Å². The van der Waals surface area contributed by atoms with Gasteiger partial charge in [0.15, 0.2) is 5.82 Å². The van der Waals surface area contributed by atoms with Crippen molar-refractivity contribution in [3.8, 4) is 45.2 Å². The lowest BCUT2D eigenvalue weighted by molar-refractivity contribution is 1.18. The van der Waals surface area contributed by atoms with E-state index < -0.39 is 0 Å². The Bertz CT molecular complexity index is 2520. The summed E-state index contributed by atoms with van der Waals surface area (Å²) in [6.07, 6.45) is 1.83. The van der Waals surface area contributed by atoms with Crippen LogP contribution in [0.15, 0.2) is 152 Å². The molecule has 0 fully saturated rings. The van der Waals surface area contributed by atoms with Gasteiger partial charge in [-0.25, -0.2) is 19.9 Å². The number of fused-ring (bicyclic) bond motifs is 6. The number of pyridine rings is 3. The highest BCUT2D eigenvalue weighted by Gasteiger charge is 2.16. The van der Waals surface area contributed by atoms with Crippen LogP contribution < -0.4 is 0 Å². The van der Waals surface area contributed by atoms with Gasteiger partial charge in [0.2, 0.25) is 0 Å². The minimum Gasteiger partial charge on any atom is -0.254 e. The minimum atomic E-state index is 0.688. The van der Waals surface area contributed by atoms with Crippen LogP contribution in [-0.2, 0) is 0 Å². The van der Waals surface area contributed by atoms with Crippen molar-refractivity contribution in [2.24, 2.45) is 0 Å². The van der Waals surface area contributed by atoms with E-state index in [1.807, 2.05) is 72.9 Å². The third-order valence-corrected chi connectivity index (χ3v) is 8.46. The quantitative estimate of drug-likeness (QED) is 0.151. The molecule has 4 aromatic heterocycles. The summed E-state index contributed by atoms with van der Waals surface area (Å²) in [7, 11) is 0. The first kappa shape index (κ1) is 26.1. The van der Waals surface area contributed by atoms with Gasteiger partial charge in [-0.2, -0.15) is 0 Å². The lowest BCUT2D eigenvalue weighted by Crippen LogP contribution is -1.96. The predicted octanol–water partition coefficient (Wildman–Crippen LogP) is 9.94. The molecule has 46 heavy (non-hydrogen) atoms. The number of benzene rings is 5. The molecule has 0 aliphatic rings. The molecule has 5 nitrogen and oxygen atoms in total. The maximum atomic E-state index is 5.27. The van der Waals surface area contributed by atoms with E-state index >= 15 is 0 Å². The highest BCUT2D eigenvalue weighted by molar-refractivity contribution is 6.15. The van der Waals surface area contributed by atoms with Crippen LogP contribution in [0.3, 0.4) is 0 Å². The second-order valence-corrected chi connectivity index (χ2v) is 11.3. The fraction of sp³-hybridized carbons (Fsp3) is 0. The highest BCUT2D eigenvalue weighted by Crippen LogP contribution is 2.36. The van der Waals surface area contributed by atoms with Crippen molar-refractivity contribution in [2.75, 3.05) is 0 Å². The molecule has 9 aromatic rings. The molecule has 5 heteroatoms. The van der Waals surface area contributed by atoms with Crippen molar-refractivity contribution in [3.63, 3.8) is 0 Å². The number of nitrogens with zero attached hydrogens (tertiary/aromatic N) is 5. The van der Waals surface area contributed by atoms with Crippen LogP contribution in [0, 0.1) is 0 Å². The zero-order chi connectivity index (χ0) is 30.5. The second-order valence-electron chi connectivity index (χ2n) is 11.3. The van der Waals surface area contributed by atoms with Gasteiger partial charge in [-0.3, -0.25) is 4.98 Å². The molecule has 0 saturated carbocycles. The van der Waals surface area contributed by atoms with Gasteiger partial charge < -0.3 is 0 Å². The molecule has 0 aliphatic heterocycles. The van der Waals surface area contributed by atoms with Gasteiger partial charge in [0.1, 0.15) is 0 Å². The molecule has 214 valence electrons. The first-order chi connectivity index (χ1) is 22.8. The molecular weight excluding hydrogens is 562 g/mol. The lowest BCUT2D eigenvalue weighted by Gasteiger charge is -2.13. The zero-order valence-corrected chi connectivity index (χ0v) is 24.7. The summed E-state index contributed by atoms with van der Waals surface area (Å²) in [5.74, 6) is 0.688. The van der Waals surface area contributed by atoms with Crippen molar-refractivity contribution < 1.29 is 0 Å². The van der Waals surface area contributed by atoms with Crippen LogP contribution in [-0.4, -0.2) is 24.9 Å². The van der Waals surface area contributed by atoms with Gasteiger partial charge in [0, 0.05) is 50.0 Å². The number of hydrogen-bond donors (Lipinski definition) is 0. The Morgan fingerprint density at radius 2 is 1.07 bits per heavy atom. The van der Waals surface area contributed by atoms with Crippen LogP contribution in [0.4, 0.5) is 0 Å². The number of aromatic nitrogens is 5. The van der Waals surface area contributed by atoms with E-state index in [1.165, 1.54) is 0 Å². The van der Waals surface area contributed by atoms with Crippen molar-refractivity contribution in [1.82, 2.24) is 24.9 Å². The normalized spacial score (nSPS) is 11.5. The minimum absolute atomic E-state index is 0.688. The largest absolute Gasteiger partial charge is 0.254 e. The third kappa shape index (κ3) is 4.45. The Morgan fingerprint density at radius 1 is 0.370 bits per heavy atom. The summed E-state index contributed by atoms with van der Waals surface area (Å²) in [6, 6.07) is 49.6. The fourth-order valence-corrected chi connectivity index (χ4v) is 6.23. The van der Waals surface area contributed by atoms with Gasteiger partial charge in [0.25, 0.3) is 0 Å². The average Bonchev–Trinajstić information content (AvgIpc) is 3.14. The molecule has 0 unspecified atom stereocenters. The molecule has 5 aromatic carbocycles. The summed E-state index contributed by atoms with van der Waals surface area (Å²) in [4.78, 5) is 25.2. The van der Waals surface area contributed by atoms with E-state index in [0.717, 1.165) is 82.9 Å². The van der Waals surface area contributed by atoms with Gasteiger partial charge in [-0.15, -0.1) is 0 Å².